The third-order valence-corrected chi connectivity index (χ3v) is 5.30. The lowest BCUT2D eigenvalue weighted by Gasteiger charge is -2.26. The molecule has 0 fully saturated rings. The molecule has 0 radical (unpaired) electrons. The van der Waals surface area contributed by atoms with Crippen molar-refractivity contribution < 1.29 is 10.2 Å². The number of imidazole rings is 1. The Labute approximate surface area is 176 Å². The fourth-order valence-electron chi connectivity index (χ4n) is 2.92. The van der Waals surface area contributed by atoms with Gasteiger partial charge in [0.15, 0.2) is 17.0 Å². The molecule has 0 saturated heterocycles. The van der Waals surface area contributed by atoms with Crippen molar-refractivity contribution >= 4 is 28.6 Å². The van der Waals surface area contributed by atoms with Gasteiger partial charge in [0.2, 0.25) is 5.95 Å². The van der Waals surface area contributed by atoms with Crippen molar-refractivity contribution in [1.29, 1.82) is 0 Å². The normalized spacial score (nSPS) is 13.0. The summed E-state index contributed by atoms with van der Waals surface area (Å²) in [6.07, 6.45) is 1.75. The zero-order valence-electron chi connectivity index (χ0n) is 18.1. The van der Waals surface area contributed by atoms with Crippen LogP contribution in [0.4, 0.5) is 17.5 Å². The van der Waals surface area contributed by atoms with Gasteiger partial charge in [0.25, 0.3) is 0 Å². The van der Waals surface area contributed by atoms with Gasteiger partial charge in [-0.3, -0.25) is 0 Å². The van der Waals surface area contributed by atoms with E-state index in [0.29, 0.717) is 47.3 Å². The number of aromatic nitrogens is 4. The predicted octanol–water partition coefficient (Wildman–Crippen LogP) is 3.13. The molecule has 9 heteroatoms. The lowest BCUT2D eigenvalue weighted by atomic mass is 9.93. The van der Waals surface area contributed by atoms with Crippen molar-refractivity contribution in [2.75, 3.05) is 22.9 Å². The van der Waals surface area contributed by atoms with Crippen LogP contribution >= 0.6 is 0 Å². The summed E-state index contributed by atoms with van der Waals surface area (Å²) in [6, 6.07) is 5.12. The summed E-state index contributed by atoms with van der Waals surface area (Å²) in [5, 5.41) is 26.8. The molecule has 1 aromatic carbocycles. The highest BCUT2D eigenvalue weighted by Gasteiger charge is 2.23. The van der Waals surface area contributed by atoms with E-state index < -0.39 is 5.60 Å². The maximum Gasteiger partial charge on any atom is 0.226 e. The van der Waals surface area contributed by atoms with Gasteiger partial charge in [-0.05, 0) is 45.9 Å². The van der Waals surface area contributed by atoms with Crippen molar-refractivity contribution in [3.63, 3.8) is 0 Å². The second-order valence-corrected chi connectivity index (χ2v) is 8.49. The fourth-order valence-corrected chi connectivity index (χ4v) is 2.92. The molecule has 0 aliphatic heterocycles. The number of nitrogens with one attached hydrogen (secondary N) is 2. The molecule has 3 aromatic rings. The van der Waals surface area contributed by atoms with Crippen LogP contribution in [0.15, 0.2) is 24.5 Å². The standard InChI is InChI=1S/C21H31N7O2/c1-12(2)28-11-25-17-18(23-10-14-8-15(22)6-7-16(14)29)26-20(27-19(17)28)24-9-13(3)21(4,5)30/h6-8,11-13,29-30H,9-10,22H2,1-5H3,(H2,23,24,26,27). The van der Waals surface area contributed by atoms with Crippen LogP contribution < -0.4 is 16.4 Å². The summed E-state index contributed by atoms with van der Waals surface area (Å²) in [7, 11) is 0. The maximum absolute atomic E-state index is 10.2. The van der Waals surface area contributed by atoms with Crippen LogP contribution in [0.25, 0.3) is 11.2 Å². The second kappa shape index (κ2) is 8.35. The Kier molecular flexibility index (Phi) is 6.02. The lowest BCUT2D eigenvalue weighted by molar-refractivity contribution is 0.0303. The van der Waals surface area contributed by atoms with E-state index in [1.165, 1.54) is 0 Å². The van der Waals surface area contributed by atoms with Crippen LogP contribution in [0.5, 0.6) is 5.75 Å². The number of nitrogens with two attached hydrogens (primary N) is 1. The van der Waals surface area contributed by atoms with Crippen LogP contribution in [0.1, 0.15) is 46.2 Å². The first-order chi connectivity index (χ1) is 14.1. The monoisotopic (exact) mass is 413 g/mol. The van der Waals surface area contributed by atoms with E-state index in [0.717, 1.165) is 0 Å². The van der Waals surface area contributed by atoms with E-state index >= 15 is 0 Å². The first kappa shape index (κ1) is 21.6. The molecule has 0 spiro atoms. The SMILES string of the molecule is CC(C)n1cnc2c(NCc3cc(N)ccc3O)nc(NCC(C)C(C)(C)O)nc21. The van der Waals surface area contributed by atoms with Crippen LogP contribution in [0.2, 0.25) is 0 Å². The van der Waals surface area contributed by atoms with Crippen molar-refractivity contribution in [2.45, 2.75) is 52.8 Å². The summed E-state index contributed by atoms with van der Waals surface area (Å²) in [6.45, 7) is 10.5. The number of rotatable bonds is 8. The first-order valence-corrected chi connectivity index (χ1v) is 10.1. The predicted molar refractivity (Wildman–Crippen MR) is 120 cm³/mol. The molecule has 1 unspecified atom stereocenters. The smallest absolute Gasteiger partial charge is 0.226 e. The van der Waals surface area contributed by atoms with E-state index in [9.17, 15) is 10.2 Å². The molecule has 30 heavy (non-hydrogen) atoms. The van der Waals surface area contributed by atoms with Crippen molar-refractivity contribution in [3.8, 4) is 5.75 Å². The van der Waals surface area contributed by atoms with Gasteiger partial charge in [-0.1, -0.05) is 6.92 Å². The summed E-state index contributed by atoms with van der Waals surface area (Å²) in [4.78, 5) is 13.7. The Morgan fingerprint density at radius 3 is 2.57 bits per heavy atom. The molecule has 0 aliphatic carbocycles. The number of hydrogen-bond donors (Lipinski definition) is 5. The maximum atomic E-state index is 10.2. The molecule has 0 amide bonds. The fraction of sp³-hybridized carbons (Fsp3) is 0.476. The van der Waals surface area contributed by atoms with Crippen LogP contribution in [-0.4, -0.2) is 41.9 Å². The van der Waals surface area contributed by atoms with Gasteiger partial charge in [-0.25, -0.2) is 4.98 Å². The summed E-state index contributed by atoms with van der Waals surface area (Å²) in [5.74, 6) is 1.15. The summed E-state index contributed by atoms with van der Waals surface area (Å²) >= 11 is 0. The Balaban J connectivity index is 1.92. The number of phenols is 1. The number of aromatic hydroxyl groups is 1. The van der Waals surface area contributed by atoms with Crippen LogP contribution in [0, 0.1) is 5.92 Å². The average Bonchev–Trinajstić information content (AvgIpc) is 3.10. The molecule has 0 bridgehead atoms. The van der Waals surface area contributed by atoms with Crippen LogP contribution in [0.3, 0.4) is 0 Å². The van der Waals surface area contributed by atoms with Gasteiger partial charge in [-0.15, -0.1) is 0 Å². The van der Waals surface area contributed by atoms with Crippen molar-refractivity contribution in [1.82, 2.24) is 19.5 Å². The number of nitrogens with zero attached hydrogens (tertiary/aromatic N) is 4. The number of hydrogen-bond acceptors (Lipinski definition) is 8. The second-order valence-electron chi connectivity index (χ2n) is 8.49. The molecule has 1 atom stereocenters. The number of aliphatic hydroxyl groups is 1. The summed E-state index contributed by atoms with van der Waals surface area (Å²) < 4.78 is 1.98. The zero-order valence-corrected chi connectivity index (χ0v) is 18.1. The molecule has 2 heterocycles. The quantitative estimate of drug-likeness (QED) is 0.281. The number of phenolic OH excluding ortho intramolecular Hbond substituents is 1. The Morgan fingerprint density at radius 1 is 1.17 bits per heavy atom. The molecular formula is C21H31N7O2. The third-order valence-electron chi connectivity index (χ3n) is 5.30. The summed E-state index contributed by atoms with van der Waals surface area (Å²) in [5.41, 5.74) is 7.61. The minimum Gasteiger partial charge on any atom is -0.508 e. The molecule has 0 aliphatic rings. The van der Waals surface area contributed by atoms with Gasteiger partial charge >= 0.3 is 0 Å². The Hall–Kier alpha value is -3.07. The highest BCUT2D eigenvalue weighted by Crippen LogP contribution is 2.26. The van der Waals surface area contributed by atoms with Gasteiger partial charge in [0, 0.05) is 36.3 Å². The minimum atomic E-state index is -0.817. The van der Waals surface area contributed by atoms with Crippen molar-refractivity contribution in [2.24, 2.45) is 5.92 Å². The lowest BCUT2D eigenvalue weighted by Crippen LogP contribution is -2.33. The molecule has 6 N–H and O–H groups in total. The molecule has 9 nitrogen and oxygen atoms in total. The minimum absolute atomic E-state index is 0.00698. The van der Waals surface area contributed by atoms with E-state index in [2.05, 4.69) is 39.4 Å². The third kappa shape index (κ3) is 4.73. The number of anilines is 3. The molecular weight excluding hydrogens is 382 g/mol. The number of nitrogen functional groups attached to an aromatic ring is 1. The highest BCUT2D eigenvalue weighted by atomic mass is 16.3. The molecule has 0 saturated carbocycles. The van der Waals surface area contributed by atoms with Gasteiger partial charge in [0.1, 0.15) is 5.75 Å². The van der Waals surface area contributed by atoms with Gasteiger partial charge in [0.05, 0.1) is 11.9 Å². The van der Waals surface area contributed by atoms with Gasteiger partial charge in [-0.2, -0.15) is 9.97 Å². The molecule has 162 valence electrons. The van der Waals surface area contributed by atoms with Crippen LogP contribution in [-0.2, 0) is 6.54 Å². The van der Waals surface area contributed by atoms with Crippen molar-refractivity contribution in [3.05, 3.63) is 30.1 Å². The van der Waals surface area contributed by atoms with E-state index in [4.69, 9.17) is 5.73 Å². The first-order valence-electron chi connectivity index (χ1n) is 10.1. The molecule has 3 rings (SSSR count). The Morgan fingerprint density at radius 2 is 1.90 bits per heavy atom. The van der Waals surface area contributed by atoms with E-state index in [-0.39, 0.29) is 17.7 Å². The topological polar surface area (TPSA) is 134 Å². The number of fused-ring (bicyclic) bond motifs is 1. The Bertz CT molecular complexity index is 1020. The zero-order chi connectivity index (χ0) is 22.1. The largest absolute Gasteiger partial charge is 0.508 e. The highest BCUT2D eigenvalue weighted by molar-refractivity contribution is 5.84. The van der Waals surface area contributed by atoms with E-state index in [1.807, 2.05) is 11.5 Å². The average molecular weight is 414 g/mol. The van der Waals surface area contributed by atoms with Gasteiger partial charge < -0.3 is 31.1 Å². The number of benzene rings is 1. The molecule has 2 aromatic heterocycles. The van der Waals surface area contributed by atoms with E-state index in [1.54, 1.807) is 38.4 Å².